The molecule has 0 N–H and O–H groups in total. The Labute approximate surface area is 165 Å². The molecule has 3 nitrogen and oxygen atoms in total. The van der Waals surface area contributed by atoms with Gasteiger partial charge in [-0.2, -0.15) is 0 Å². The molecule has 146 valence electrons. The van der Waals surface area contributed by atoms with Crippen LogP contribution in [0, 0.1) is 23.5 Å². The van der Waals surface area contributed by atoms with E-state index in [0.29, 0.717) is 11.3 Å². The van der Waals surface area contributed by atoms with Crippen LogP contribution in [0.3, 0.4) is 0 Å². The van der Waals surface area contributed by atoms with E-state index < -0.39 is 34.0 Å². The Morgan fingerprint density at radius 1 is 1.18 bits per heavy atom. The Hall–Kier alpha value is -2.52. The molecular formula is C22H20F2O3S. The van der Waals surface area contributed by atoms with Crippen molar-refractivity contribution in [3.63, 3.8) is 0 Å². The van der Waals surface area contributed by atoms with E-state index in [2.05, 4.69) is 25.7 Å². The summed E-state index contributed by atoms with van der Waals surface area (Å²) in [6, 6.07) is 7.80. The van der Waals surface area contributed by atoms with Gasteiger partial charge in [0.2, 0.25) is 0 Å². The smallest absolute Gasteiger partial charge is 0.341 e. The number of hydrogen-bond acceptors (Lipinski definition) is 3. The number of carbonyl (C=O) groups is 1. The van der Waals surface area contributed by atoms with Crippen LogP contribution in [-0.4, -0.2) is 22.5 Å². The number of benzene rings is 2. The number of esters is 1. The molecule has 1 atom stereocenters. The maximum atomic E-state index is 14.3. The summed E-state index contributed by atoms with van der Waals surface area (Å²) < 4.78 is 45.4. The second-order valence-electron chi connectivity index (χ2n) is 7.15. The average Bonchev–Trinajstić information content (AvgIpc) is 2.66. The van der Waals surface area contributed by atoms with Crippen LogP contribution in [0.5, 0.6) is 0 Å². The Kier molecular flexibility index (Phi) is 5.66. The number of halogens is 2. The first kappa shape index (κ1) is 20.2. The van der Waals surface area contributed by atoms with Crippen LogP contribution in [0.15, 0.2) is 35.2 Å². The minimum absolute atomic E-state index is 0.0704. The zero-order valence-electron chi connectivity index (χ0n) is 15.9. The van der Waals surface area contributed by atoms with Crippen LogP contribution in [0.1, 0.15) is 54.2 Å². The SMILES string of the molecule is CCOC(=O)c1ccc(C#Cc2ccc3c(c2)C(C)(C)CCS3=O)c(F)c1F. The highest BCUT2D eigenvalue weighted by atomic mass is 32.2. The topological polar surface area (TPSA) is 43.4 Å². The highest BCUT2D eigenvalue weighted by Gasteiger charge is 2.31. The Bertz CT molecular complexity index is 1030. The number of carbonyl (C=O) groups excluding carboxylic acids is 1. The van der Waals surface area contributed by atoms with Gasteiger partial charge in [-0.1, -0.05) is 25.7 Å². The van der Waals surface area contributed by atoms with Gasteiger partial charge >= 0.3 is 5.97 Å². The van der Waals surface area contributed by atoms with Crippen molar-refractivity contribution in [3.05, 3.63) is 64.2 Å². The lowest BCUT2D eigenvalue weighted by atomic mass is 9.81. The predicted octanol–water partition coefficient (Wildman–Crippen LogP) is 4.33. The summed E-state index contributed by atoms with van der Waals surface area (Å²) in [5.41, 5.74) is 0.863. The molecule has 6 heteroatoms. The maximum Gasteiger partial charge on any atom is 0.341 e. The lowest BCUT2D eigenvalue weighted by Gasteiger charge is -2.31. The molecule has 0 aromatic heterocycles. The molecule has 0 saturated carbocycles. The van der Waals surface area contributed by atoms with E-state index in [9.17, 15) is 17.8 Å². The van der Waals surface area contributed by atoms with Crippen molar-refractivity contribution in [3.8, 4) is 11.8 Å². The minimum Gasteiger partial charge on any atom is -0.462 e. The molecule has 1 heterocycles. The fourth-order valence-electron chi connectivity index (χ4n) is 3.08. The van der Waals surface area contributed by atoms with Crippen LogP contribution in [-0.2, 0) is 21.0 Å². The van der Waals surface area contributed by atoms with Crippen LogP contribution in [0.2, 0.25) is 0 Å². The van der Waals surface area contributed by atoms with E-state index in [1.165, 1.54) is 12.1 Å². The van der Waals surface area contributed by atoms with Gasteiger partial charge in [-0.3, -0.25) is 4.21 Å². The van der Waals surface area contributed by atoms with Gasteiger partial charge in [0.05, 0.1) is 28.5 Å². The van der Waals surface area contributed by atoms with E-state index in [0.717, 1.165) is 16.9 Å². The molecule has 0 amide bonds. The summed E-state index contributed by atoms with van der Waals surface area (Å²) in [6.07, 6.45) is 0.804. The number of hydrogen-bond donors (Lipinski definition) is 0. The second kappa shape index (κ2) is 7.84. The second-order valence-corrected chi connectivity index (χ2v) is 8.69. The Balaban J connectivity index is 1.96. The van der Waals surface area contributed by atoms with E-state index in [1.54, 1.807) is 19.1 Å². The van der Waals surface area contributed by atoms with Crippen LogP contribution in [0.25, 0.3) is 0 Å². The lowest BCUT2D eigenvalue weighted by Crippen LogP contribution is -2.27. The molecule has 2 aromatic carbocycles. The van der Waals surface area contributed by atoms with Gasteiger partial charge in [-0.15, -0.1) is 0 Å². The first-order valence-corrected chi connectivity index (χ1v) is 10.3. The predicted molar refractivity (Wildman–Crippen MR) is 104 cm³/mol. The van der Waals surface area contributed by atoms with Crippen molar-refractivity contribution in [2.45, 2.75) is 37.5 Å². The Morgan fingerprint density at radius 3 is 2.64 bits per heavy atom. The first-order valence-electron chi connectivity index (χ1n) is 8.94. The summed E-state index contributed by atoms with van der Waals surface area (Å²) in [7, 11) is -1.03. The molecular weight excluding hydrogens is 382 g/mol. The number of fused-ring (bicyclic) bond motifs is 1. The standard InChI is InChI=1S/C22H20F2O3S/c1-4-27-21(25)16-9-8-15(19(23)20(16)24)7-5-14-6-10-18-17(13-14)22(2,3)11-12-28(18)26/h6,8-10,13H,4,11-12H2,1-3H3. The zero-order valence-corrected chi connectivity index (χ0v) is 16.7. The summed E-state index contributed by atoms with van der Waals surface area (Å²) in [6.45, 7) is 5.83. The molecule has 0 saturated heterocycles. The zero-order chi connectivity index (χ0) is 20.5. The van der Waals surface area contributed by atoms with Gasteiger partial charge < -0.3 is 4.74 Å². The first-order chi connectivity index (χ1) is 13.2. The lowest BCUT2D eigenvalue weighted by molar-refractivity contribution is 0.0520. The molecule has 0 radical (unpaired) electrons. The largest absolute Gasteiger partial charge is 0.462 e. The molecule has 0 aliphatic carbocycles. The van der Waals surface area contributed by atoms with Crippen molar-refractivity contribution in [2.24, 2.45) is 0 Å². The van der Waals surface area contributed by atoms with E-state index in [1.807, 2.05) is 6.07 Å². The van der Waals surface area contributed by atoms with Crippen molar-refractivity contribution >= 4 is 16.8 Å². The highest BCUT2D eigenvalue weighted by Crippen LogP contribution is 2.37. The molecule has 0 bridgehead atoms. The molecule has 0 spiro atoms. The number of ether oxygens (including phenoxy) is 1. The van der Waals surface area contributed by atoms with Crippen molar-refractivity contribution in [1.82, 2.24) is 0 Å². The third-order valence-corrected chi connectivity index (χ3v) is 6.21. The molecule has 1 aliphatic heterocycles. The van der Waals surface area contributed by atoms with Crippen LogP contribution >= 0.6 is 0 Å². The fourth-order valence-corrected chi connectivity index (χ4v) is 4.80. The molecule has 2 aromatic rings. The van der Waals surface area contributed by atoms with E-state index >= 15 is 0 Å². The quantitative estimate of drug-likeness (QED) is 0.555. The molecule has 3 rings (SSSR count). The molecule has 1 aliphatic rings. The highest BCUT2D eigenvalue weighted by molar-refractivity contribution is 7.85. The van der Waals surface area contributed by atoms with E-state index in [-0.39, 0.29) is 17.6 Å². The van der Waals surface area contributed by atoms with Gasteiger partial charge in [0.1, 0.15) is 0 Å². The van der Waals surface area contributed by atoms with Crippen molar-refractivity contribution in [2.75, 3.05) is 12.4 Å². The van der Waals surface area contributed by atoms with Gasteiger partial charge in [0.15, 0.2) is 11.6 Å². The molecule has 0 fully saturated rings. The number of rotatable bonds is 2. The average molecular weight is 402 g/mol. The van der Waals surface area contributed by atoms with Crippen molar-refractivity contribution in [1.29, 1.82) is 0 Å². The summed E-state index contributed by atoms with van der Waals surface area (Å²) in [5, 5.41) is 0. The third-order valence-electron chi connectivity index (χ3n) is 4.79. The van der Waals surface area contributed by atoms with Crippen LogP contribution < -0.4 is 0 Å². The molecule has 28 heavy (non-hydrogen) atoms. The minimum atomic E-state index is -1.27. The van der Waals surface area contributed by atoms with Crippen molar-refractivity contribution < 1.29 is 22.5 Å². The molecule has 1 unspecified atom stereocenters. The maximum absolute atomic E-state index is 14.3. The monoisotopic (exact) mass is 402 g/mol. The van der Waals surface area contributed by atoms with Crippen LogP contribution in [0.4, 0.5) is 8.78 Å². The van der Waals surface area contributed by atoms with Gasteiger partial charge in [0, 0.05) is 16.2 Å². The van der Waals surface area contributed by atoms with Gasteiger partial charge in [0.25, 0.3) is 0 Å². The summed E-state index contributed by atoms with van der Waals surface area (Å²) >= 11 is 0. The summed E-state index contributed by atoms with van der Waals surface area (Å²) in [5.74, 6) is 2.71. The third kappa shape index (κ3) is 3.85. The normalized spacial score (nSPS) is 17.2. The fraction of sp³-hybridized carbons (Fsp3) is 0.318. The van der Waals surface area contributed by atoms with Gasteiger partial charge in [-0.25, -0.2) is 13.6 Å². The summed E-state index contributed by atoms with van der Waals surface area (Å²) in [4.78, 5) is 12.4. The van der Waals surface area contributed by atoms with Gasteiger partial charge in [-0.05, 0) is 54.7 Å². The van der Waals surface area contributed by atoms with E-state index in [4.69, 9.17) is 4.74 Å². The Morgan fingerprint density at radius 2 is 1.93 bits per heavy atom.